The molecule has 0 unspecified atom stereocenters. The number of esters is 1. The number of fused-ring (bicyclic) bond motifs is 3. The van der Waals surface area contributed by atoms with Gasteiger partial charge in [0.05, 0.1) is 25.3 Å². The Kier molecular flexibility index (Phi) is 4.41. The molecule has 1 aliphatic carbocycles. The van der Waals surface area contributed by atoms with Crippen LogP contribution in [0.5, 0.6) is 5.75 Å². The van der Waals surface area contributed by atoms with Crippen LogP contribution in [-0.2, 0) is 4.74 Å². The van der Waals surface area contributed by atoms with Crippen molar-refractivity contribution in [2.75, 3.05) is 19.0 Å². The summed E-state index contributed by atoms with van der Waals surface area (Å²) in [4.78, 5) is 12.1. The summed E-state index contributed by atoms with van der Waals surface area (Å²) in [6.07, 6.45) is 5.51. The van der Waals surface area contributed by atoms with Crippen LogP contribution in [-0.4, -0.2) is 19.7 Å². The minimum atomic E-state index is -0.263. The molecular weight excluding hydrogens is 326 g/mol. The first-order valence-electron chi connectivity index (χ1n) is 9.10. The van der Waals surface area contributed by atoms with Gasteiger partial charge in [0.1, 0.15) is 5.75 Å². The number of benzene rings is 2. The predicted octanol–water partition coefficient (Wildman–Crippen LogP) is 4.70. The molecule has 134 valence electrons. The van der Waals surface area contributed by atoms with Gasteiger partial charge in [0.25, 0.3) is 0 Å². The van der Waals surface area contributed by atoms with Gasteiger partial charge in [-0.25, -0.2) is 4.79 Å². The molecule has 26 heavy (non-hydrogen) atoms. The maximum absolute atomic E-state index is 12.1. The van der Waals surface area contributed by atoms with Crippen molar-refractivity contribution in [2.45, 2.75) is 25.3 Å². The van der Waals surface area contributed by atoms with Gasteiger partial charge < -0.3 is 14.8 Å². The van der Waals surface area contributed by atoms with Crippen molar-refractivity contribution in [1.29, 1.82) is 0 Å². The van der Waals surface area contributed by atoms with Crippen molar-refractivity contribution in [1.82, 2.24) is 0 Å². The van der Waals surface area contributed by atoms with Crippen LogP contribution in [0.25, 0.3) is 0 Å². The number of hydrogen-bond donors (Lipinski definition) is 1. The average molecular weight is 349 g/mol. The molecular formula is C22H23NO3. The predicted molar refractivity (Wildman–Crippen MR) is 102 cm³/mol. The summed E-state index contributed by atoms with van der Waals surface area (Å²) in [5.74, 6) is 1.33. The Hall–Kier alpha value is -2.75. The molecule has 0 aromatic heterocycles. The van der Waals surface area contributed by atoms with Crippen molar-refractivity contribution >= 4 is 11.7 Å². The van der Waals surface area contributed by atoms with E-state index in [9.17, 15) is 4.79 Å². The number of rotatable bonds is 4. The Bertz CT molecular complexity index is 858. The topological polar surface area (TPSA) is 47.6 Å². The van der Waals surface area contributed by atoms with Gasteiger partial charge in [-0.3, -0.25) is 0 Å². The number of para-hydroxylation sites is 1. The third-order valence-corrected chi connectivity index (χ3v) is 5.35. The van der Waals surface area contributed by atoms with E-state index < -0.39 is 0 Å². The highest BCUT2D eigenvalue weighted by Crippen LogP contribution is 2.51. The van der Waals surface area contributed by atoms with Gasteiger partial charge in [0.15, 0.2) is 0 Å². The number of nitrogens with one attached hydrogen (secondary N) is 1. The Morgan fingerprint density at radius 1 is 1.19 bits per heavy atom. The number of hydrogen-bond acceptors (Lipinski definition) is 4. The lowest BCUT2D eigenvalue weighted by Gasteiger charge is -2.38. The molecule has 1 aliphatic heterocycles. The first kappa shape index (κ1) is 16.7. The maximum atomic E-state index is 12.1. The van der Waals surface area contributed by atoms with Gasteiger partial charge in [-0.05, 0) is 49.1 Å². The van der Waals surface area contributed by atoms with Crippen LogP contribution >= 0.6 is 0 Å². The van der Waals surface area contributed by atoms with Crippen LogP contribution < -0.4 is 10.1 Å². The molecule has 0 fully saturated rings. The Balaban J connectivity index is 1.74. The SMILES string of the molecule is CCOC(=O)c1ccc2c(c1)[C@@H]1C=CC[C@@H]1[C@H](c1ccccc1OC)N2. The molecule has 2 aromatic rings. The number of anilines is 1. The van der Waals surface area contributed by atoms with Gasteiger partial charge in [-0.15, -0.1) is 0 Å². The van der Waals surface area contributed by atoms with Crippen molar-refractivity contribution in [3.63, 3.8) is 0 Å². The van der Waals surface area contributed by atoms with Gasteiger partial charge in [-0.2, -0.15) is 0 Å². The highest BCUT2D eigenvalue weighted by molar-refractivity contribution is 5.90. The molecule has 0 amide bonds. The lowest BCUT2D eigenvalue weighted by Crippen LogP contribution is -2.29. The molecule has 0 saturated carbocycles. The summed E-state index contributed by atoms with van der Waals surface area (Å²) >= 11 is 0. The van der Waals surface area contributed by atoms with Gasteiger partial charge in [0, 0.05) is 17.2 Å². The molecule has 4 nitrogen and oxygen atoms in total. The number of allylic oxidation sites excluding steroid dienone is 2. The third-order valence-electron chi connectivity index (χ3n) is 5.35. The van der Waals surface area contributed by atoms with E-state index in [0.29, 0.717) is 18.1 Å². The Morgan fingerprint density at radius 3 is 2.85 bits per heavy atom. The highest BCUT2D eigenvalue weighted by Gasteiger charge is 2.39. The molecule has 0 spiro atoms. The monoisotopic (exact) mass is 349 g/mol. The van der Waals surface area contributed by atoms with E-state index in [1.807, 2.05) is 37.3 Å². The van der Waals surface area contributed by atoms with Gasteiger partial charge >= 0.3 is 5.97 Å². The second-order valence-electron chi connectivity index (χ2n) is 6.74. The lowest BCUT2D eigenvalue weighted by molar-refractivity contribution is 0.0526. The second kappa shape index (κ2) is 6.87. The average Bonchev–Trinajstić information content (AvgIpc) is 3.17. The molecule has 0 radical (unpaired) electrons. The largest absolute Gasteiger partial charge is 0.496 e. The molecule has 1 N–H and O–H groups in total. The first-order valence-corrected chi connectivity index (χ1v) is 9.10. The van der Waals surface area contributed by atoms with Crippen molar-refractivity contribution < 1.29 is 14.3 Å². The molecule has 0 saturated heterocycles. The minimum absolute atomic E-state index is 0.173. The lowest BCUT2D eigenvalue weighted by atomic mass is 9.76. The summed E-state index contributed by atoms with van der Waals surface area (Å²) in [7, 11) is 1.71. The quantitative estimate of drug-likeness (QED) is 0.642. The van der Waals surface area contributed by atoms with E-state index >= 15 is 0 Å². The van der Waals surface area contributed by atoms with Crippen LogP contribution in [0.1, 0.15) is 46.8 Å². The molecule has 0 bridgehead atoms. The zero-order valence-corrected chi connectivity index (χ0v) is 15.1. The number of ether oxygens (including phenoxy) is 2. The van der Waals surface area contributed by atoms with Crippen LogP contribution in [0.15, 0.2) is 54.6 Å². The van der Waals surface area contributed by atoms with Crippen LogP contribution in [0.2, 0.25) is 0 Å². The number of methoxy groups -OCH3 is 1. The fraction of sp³-hybridized carbons (Fsp3) is 0.318. The van der Waals surface area contributed by atoms with E-state index in [2.05, 4.69) is 29.6 Å². The molecule has 3 atom stereocenters. The summed E-state index contributed by atoms with van der Waals surface area (Å²) in [6, 6.07) is 14.2. The van der Waals surface area contributed by atoms with Crippen molar-refractivity contribution in [2.24, 2.45) is 5.92 Å². The van der Waals surface area contributed by atoms with E-state index in [1.165, 1.54) is 11.1 Å². The van der Waals surface area contributed by atoms with Gasteiger partial charge in [-0.1, -0.05) is 30.4 Å². The molecule has 4 heteroatoms. The third kappa shape index (κ3) is 2.75. The summed E-state index contributed by atoms with van der Waals surface area (Å²) < 4.78 is 10.7. The standard InChI is InChI=1S/C22H23NO3/c1-3-26-22(24)14-11-12-19-18(13-14)15-8-6-9-16(15)21(23-19)17-7-4-5-10-20(17)25-2/h4-8,10-13,15-16,21,23H,3,9H2,1-2H3/t15-,16+,21-/m1/s1. The zero-order valence-electron chi connectivity index (χ0n) is 15.1. The van der Waals surface area contributed by atoms with Gasteiger partial charge in [0.2, 0.25) is 0 Å². The molecule has 1 heterocycles. The van der Waals surface area contributed by atoms with Crippen molar-refractivity contribution in [3.8, 4) is 5.75 Å². The summed E-state index contributed by atoms with van der Waals surface area (Å²) in [5, 5.41) is 3.69. The zero-order chi connectivity index (χ0) is 18.1. The second-order valence-corrected chi connectivity index (χ2v) is 6.74. The number of carbonyl (C=O) groups is 1. The van der Waals surface area contributed by atoms with Crippen LogP contribution in [0, 0.1) is 5.92 Å². The normalized spacial score (nSPS) is 22.9. The highest BCUT2D eigenvalue weighted by atomic mass is 16.5. The van der Waals surface area contributed by atoms with E-state index in [4.69, 9.17) is 9.47 Å². The minimum Gasteiger partial charge on any atom is -0.496 e. The first-order chi connectivity index (χ1) is 12.7. The molecule has 2 aromatic carbocycles. The van der Waals surface area contributed by atoms with E-state index in [1.54, 1.807) is 7.11 Å². The molecule has 4 rings (SSSR count). The van der Waals surface area contributed by atoms with E-state index in [-0.39, 0.29) is 17.9 Å². The molecule has 2 aliphatic rings. The Labute approximate surface area is 153 Å². The summed E-state index contributed by atoms with van der Waals surface area (Å²) in [5.41, 5.74) is 4.03. The maximum Gasteiger partial charge on any atom is 0.338 e. The van der Waals surface area contributed by atoms with E-state index in [0.717, 1.165) is 17.9 Å². The fourth-order valence-electron chi connectivity index (χ4n) is 4.17. The smallest absolute Gasteiger partial charge is 0.338 e. The summed E-state index contributed by atoms with van der Waals surface area (Å²) in [6.45, 7) is 2.21. The Morgan fingerprint density at radius 2 is 2.04 bits per heavy atom. The number of carbonyl (C=O) groups excluding carboxylic acids is 1. The van der Waals surface area contributed by atoms with Crippen LogP contribution in [0.3, 0.4) is 0 Å². The fourth-order valence-corrected chi connectivity index (χ4v) is 4.17. The van der Waals surface area contributed by atoms with Crippen molar-refractivity contribution in [3.05, 3.63) is 71.3 Å². The van der Waals surface area contributed by atoms with Crippen LogP contribution in [0.4, 0.5) is 5.69 Å².